The van der Waals surface area contributed by atoms with Crippen molar-refractivity contribution >= 4 is 0 Å². The first kappa shape index (κ1) is 11.6. The average molecular weight is 231 g/mol. The van der Waals surface area contributed by atoms with Crippen LogP contribution in [0.15, 0.2) is 12.3 Å². The van der Waals surface area contributed by atoms with Crippen molar-refractivity contribution < 1.29 is 31.4 Å². The molecule has 15 heavy (non-hydrogen) atoms. The van der Waals surface area contributed by atoms with Crippen molar-refractivity contribution in [2.24, 2.45) is 0 Å². The highest BCUT2D eigenvalue weighted by molar-refractivity contribution is 5.34. The first-order chi connectivity index (χ1) is 6.62. The molecule has 8 heteroatoms. The van der Waals surface area contributed by atoms with E-state index in [0.29, 0.717) is 0 Å². The number of aromatic hydroxyl groups is 1. The Balaban J connectivity index is 3.30. The van der Waals surface area contributed by atoms with E-state index in [0.717, 1.165) is 0 Å². The van der Waals surface area contributed by atoms with Crippen LogP contribution in [0.2, 0.25) is 0 Å². The van der Waals surface area contributed by atoms with Crippen molar-refractivity contribution in [2.45, 2.75) is 12.4 Å². The highest BCUT2D eigenvalue weighted by Crippen LogP contribution is 2.38. The summed E-state index contributed by atoms with van der Waals surface area (Å²) in [5.74, 6) is -1.34. The molecule has 2 nitrogen and oxygen atoms in total. The van der Waals surface area contributed by atoms with Crippen LogP contribution in [0.5, 0.6) is 5.75 Å². The van der Waals surface area contributed by atoms with Crippen molar-refractivity contribution in [3.8, 4) is 5.75 Å². The van der Waals surface area contributed by atoms with Gasteiger partial charge in [0.05, 0.1) is 6.20 Å². The third-order valence-corrected chi connectivity index (χ3v) is 1.48. The smallest absolute Gasteiger partial charge is 0.433 e. The van der Waals surface area contributed by atoms with Crippen LogP contribution in [0.4, 0.5) is 26.3 Å². The molecule has 0 aliphatic carbocycles. The quantitative estimate of drug-likeness (QED) is 0.696. The largest absolute Gasteiger partial charge is 0.506 e. The minimum atomic E-state index is -5.05. The fraction of sp³-hybridized carbons (Fsp3) is 0.286. The van der Waals surface area contributed by atoms with Crippen LogP contribution in [-0.2, 0) is 12.4 Å². The average Bonchev–Trinajstić information content (AvgIpc) is 2.00. The number of aromatic nitrogens is 1. The third-order valence-electron chi connectivity index (χ3n) is 1.48. The van der Waals surface area contributed by atoms with E-state index in [2.05, 4.69) is 4.98 Å². The van der Waals surface area contributed by atoms with E-state index >= 15 is 0 Å². The normalized spacial score (nSPS) is 12.9. The maximum Gasteiger partial charge on any atom is 0.433 e. The molecule has 1 rings (SSSR count). The summed E-state index contributed by atoms with van der Waals surface area (Å²) < 4.78 is 72.1. The van der Waals surface area contributed by atoms with Gasteiger partial charge in [0.25, 0.3) is 0 Å². The van der Waals surface area contributed by atoms with E-state index in [1.165, 1.54) is 0 Å². The van der Waals surface area contributed by atoms with Gasteiger partial charge in [0, 0.05) is 0 Å². The van der Waals surface area contributed by atoms with Crippen LogP contribution in [0, 0.1) is 0 Å². The van der Waals surface area contributed by atoms with Crippen LogP contribution >= 0.6 is 0 Å². The van der Waals surface area contributed by atoms with Gasteiger partial charge in [-0.3, -0.25) is 0 Å². The zero-order valence-electron chi connectivity index (χ0n) is 6.82. The van der Waals surface area contributed by atoms with Gasteiger partial charge in [0.15, 0.2) is 0 Å². The summed E-state index contributed by atoms with van der Waals surface area (Å²) in [5.41, 5.74) is -3.46. The highest BCUT2D eigenvalue weighted by atomic mass is 19.4. The Morgan fingerprint density at radius 2 is 1.53 bits per heavy atom. The summed E-state index contributed by atoms with van der Waals surface area (Å²) in [4.78, 5) is 2.65. The lowest BCUT2D eigenvalue weighted by atomic mass is 10.2. The molecule has 0 unspecified atom stereocenters. The topological polar surface area (TPSA) is 33.1 Å². The monoisotopic (exact) mass is 231 g/mol. The summed E-state index contributed by atoms with van der Waals surface area (Å²) >= 11 is 0. The Morgan fingerprint density at radius 1 is 1.00 bits per heavy atom. The molecule has 0 spiro atoms. The summed E-state index contributed by atoms with van der Waals surface area (Å²) in [6.45, 7) is 0. The van der Waals surface area contributed by atoms with Gasteiger partial charge in [-0.25, -0.2) is 4.98 Å². The van der Waals surface area contributed by atoms with Crippen molar-refractivity contribution in [3.05, 3.63) is 23.5 Å². The molecule has 1 N–H and O–H groups in total. The lowest BCUT2D eigenvalue weighted by molar-refractivity contribution is -0.146. The van der Waals surface area contributed by atoms with Gasteiger partial charge >= 0.3 is 12.4 Å². The maximum absolute atomic E-state index is 12.1. The number of halogens is 6. The van der Waals surface area contributed by atoms with E-state index in [1.807, 2.05) is 0 Å². The molecule has 1 heterocycles. The first-order valence-electron chi connectivity index (χ1n) is 3.46. The number of rotatable bonds is 0. The molecular weight excluding hydrogens is 228 g/mol. The van der Waals surface area contributed by atoms with Crippen molar-refractivity contribution in [1.82, 2.24) is 4.98 Å². The second-order valence-corrected chi connectivity index (χ2v) is 2.58. The van der Waals surface area contributed by atoms with Crippen LogP contribution in [0.1, 0.15) is 11.3 Å². The zero-order chi connectivity index (χ0) is 11.9. The van der Waals surface area contributed by atoms with Crippen molar-refractivity contribution in [3.63, 3.8) is 0 Å². The van der Waals surface area contributed by atoms with Crippen LogP contribution in [-0.4, -0.2) is 10.1 Å². The molecule has 84 valence electrons. The van der Waals surface area contributed by atoms with Gasteiger partial charge in [-0.2, -0.15) is 26.3 Å². The molecule has 0 bridgehead atoms. The van der Waals surface area contributed by atoms with Gasteiger partial charge in [-0.05, 0) is 6.07 Å². The SMILES string of the molecule is Oc1cnc(C(F)(F)F)cc1C(F)(F)F. The Hall–Kier alpha value is -1.47. The van der Waals surface area contributed by atoms with E-state index < -0.39 is 29.4 Å². The maximum atomic E-state index is 12.1. The van der Waals surface area contributed by atoms with Crippen molar-refractivity contribution in [1.29, 1.82) is 0 Å². The van der Waals surface area contributed by atoms with Gasteiger partial charge in [-0.15, -0.1) is 0 Å². The van der Waals surface area contributed by atoms with E-state index in [4.69, 9.17) is 5.11 Å². The van der Waals surface area contributed by atoms with E-state index in [9.17, 15) is 26.3 Å². The van der Waals surface area contributed by atoms with Crippen LogP contribution < -0.4 is 0 Å². The van der Waals surface area contributed by atoms with E-state index in [1.54, 1.807) is 0 Å². The lowest BCUT2D eigenvalue weighted by Gasteiger charge is -2.11. The molecule has 0 aliphatic rings. The summed E-state index contributed by atoms with van der Waals surface area (Å²) in [6, 6.07) is -0.241. The Bertz CT molecular complexity index is 369. The second-order valence-electron chi connectivity index (χ2n) is 2.58. The van der Waals surface area contributed by atoms with Gasteiger partial charge in [0.1, 0.15) is 17.0 Å². The van der Waals surface area contributed by atoms with E-state index in [-0.39, 0.29) is 12.3 Å². The number of hydrogen-bond acceptors (Lipinski definition) is 2. The predicted octanol–water partition coefficient (Wildman–Crippen LogP) is 2.82. The molecule has 1 aromatic heterocycles. The molecule has 0 aromatic carbocycles. The Labute approximate surface area is 79.2 Å². The molecule has 1 aromatic rings. The minimum absolute atomic E-state index is 0.117. The van der Waals surface area contributed by atoms with Crippen LogP contribution in [0.3, 0.4) is 0 Å². The fourth-order valence-corrected chi connectivity index (χ4v) is 0.830. The number of pyridine rings is 1. The molecule has 0 radical (unpaired) electrons. The zero-order valence-corrected chi connectivity index (χ0v) is 6.82. The molecule has 0 aliphatic heterocycles. The summed E-state index contributed by atoms with van der Waals surface area (Å²) in [5, 5.41) is 8.69. The van der Waals surface area contributed by atoms with Gasteiger partial charge < -0.3 is 5.11 Å². The predicted molar refractivity (Wildman–Crippen MR) is 35.9 cm³/mol. The molecule has 0 saturated carbocycles. The molecule has 0 saturated heterocycles. The Morgan fingerprint density at radius 3 is 1.93 bits per heavy atom. The summed E-state index contributed by atoms with van der Waals surface area (Å²) in [7, 11) is 0. The highest BCUT2D eigenvalue weighted by Gasteiger charge is 2.39. The number of hydrogen-bond donors (Lipinski definition) is 1. The second kappa shape index (κ2) is 3.28. The molecule has 0 atom stereocenters. The number of nitrogens with zero attached hydrogens (tertiary/aromatic N) is 1. The van der Waals surface area contributed by atoms with Gasteiger partial charge in [0.2, 0.25) is 0 Å². The molecule has 0 amide bonds. The van der Waals surface area contributed by atoms with Crippen molar-refractivity contribution in [2.75, 3.05) is 0 Å². The fourth-order valence-electron chi connectivity index (χ4n) is 0.830. The first-order valence-corrected chi connectivity index (χ1v) is 3.46. The third kappa shape index (κ3) is 2.51. The van der Waals surface area contributed by atoms with Gasteiger partial charge in [-0.1, -0.05) is 0 Å². The molecular formula is C7H3F6NO. The number of alkyl halides is 6. The minimum Gasteiger partial charge on any atom is -0.506 e. The standard InChI is InChI=1S/C7H3F6NO/c8-6(9,10)3-1-5(7(11,12)13)14-2-4(3)15/h1-2,15H. The lowest BCUT2D eigenvalue weighted by Crippen LogP contribution is -2.12. The summed E-state index contributed by atoms with van der Waals surface area (Å²) in [6.07, 6.45) is -9.91. The van der Waals surface area contributed by atoms with Crippen LogP contribution in [0.25, 0.3) is 0 Å². The molecule has 0 fully saturated rings. The Kier molecular flexibility index (Phi) is 2.54.